The molecule has 1 saturated heterocycles. The smallest absolute Gasteiger partial charge is 0.261 e. The minimum atomic E-state index is -3.65. The van der Waals surface area contributed by atoms with Crippen molar-refractivity contribution in [1.29, 1.82) is 0 Å². The minimum absolute atomic E-state index is 0.131. The molecule has 1 atom stereocenters. The first-order valence-corrected chi connectivity index (χ1v) is 15.2. The van der Waals surface area contributed by atoms with E-state index in [1.54, 1.807) is 43.3 Å². The fourth-order valence-electron chi connectivity index (χ4n) is 4.21. The number of hydrogen-bond donors (Lipinski definition) is 1. The van der Waals surface area contributed by atoms with Gasteiger partial charge in [-0.15, -0.1) is 0 Å². The van der Waals surface area contributed by atoms with Gasteiger partial charge in [0, 0.05) is 36.2 Å². The lowest BCUT2D eigenvalue weighted by Crippen LogP contribution is -2.48. The van der Waals surface area contributed by atoms with Gasteiger partial charge in [-0.3, -0.25) is 9.59 Å². The Kier molecular flexibility index (Phi) is 10.6. The van der Waals surface area contributed by atoms with Crippen molar-refractivity contribution in [3.05, 3.63) is 94.0 Å². The molecule has 3 aromatic carbocycles. The zero-order valence-corrected chi connectivity index (χ0v) is 24.8. The molecule has 0 bridgehead atoms. The van der Waals surface area contributed by atoms with E-state index < -0.39 is 22.0 Å². The Morgan fingerprint density at radius 3 is 2.32 bits per heavy atom. The number of nitrogens with one attached hydrogen (secondary N) is 1. The van der Waals surface area contributed by atoms with Crippen molar-refractivity contribution in [3.8, 4) is 5.75 Å². The third kappa shape index (κ3) is 8.21. The second-order valence-electron chi connectivity index (χ2n) is 9.41. The van der Waals surface area contributed by atoms with Crippen molar-refractivity contribution in [3.63, 3.8) is 0 Å². The molecular formula is C29H31Cl2N3O6S. The van der Waals surface area contributed by atoms with Crippen molar-refractivity contribution in [2.24, 2.45) is 0 Å². The third-order valence-electron chi connectivity index (χ3n) is 6.64. The molecule has 0 unspecified atom stereocenters. The summed E-state index contributed by atoms with van der Waals surface area (Å²) in [6.07, 6.45) is 0. The van der Waals surface area contributed by atoms with E-state index in [4.69, 9.17) is 32.7 Å². The van der Waals surface area contributed by atoms with E-state index >= 15 is 0 Å². The van der Waals surface area contributed by atoms with Crippen LogP contribution in [0.25, 0.3) is 0 Å². The zero-order valence-electron chi connectivity index (χ0n) is 22.5. The highest BCUT2D eigenvalue weighted by atomic mass is 35.5. The number of rotatable bonds is 11. The highest BCUT2D eigenvalue weighted by Gasteiger charge is 2.28. The van der Waals surface area contributed by atoms with Crippen molar-refractivity contribution >= 4 is 45.0 Å². The molecule has 1 heterocycles. The van der Waals surface area contributed by atoms with Crippen LogP contribution in [0.2, 0.25) is 10.0 Å². The van der Waals surface area contributed by atoms with Crippen LogP contribution in [0.15, 0.2) is 77.7 Å². The number of benzene rings is 3. The largest absolute Gasteiger partial charge is 0.484 e. The van der Waals surface area contributed by atoms with E-state index in [1.165, 1.54) is 33.5 Å². The fraction of sp³-hybridized carbons (Fsp3) is 0.310. The number of halogens is 2. The summed E-state index contributed by atoms with van der Waals surface area (Å²) in [7, 11) is -3.65. The van der Waals surface area contributed by atoms with Gasteiger partial charge in [-0.2, -0.15) is 4.31 Å². The summed E-state index contributed by atoms with van der Waals surface area (Å²) in [5, 5.41) is 3.93. The van der Waals surface area contributed by atoms with Crippen molar-refractivity contribution in [2.45, 2.75) is 31.0 Å². The number of sulfonamides is 1. The van der Waals surface area contributed by atoms with Crippen LogP contribution < -0.4 is 10.1 Å². The number of morpholine rings is 1. The number of ether oxygens (including phenoxy) is 2. The standard InChI is InChI=1S/C29H31Cl2N3O6S/c1-21(29(36)32-18-23-4-2-3-5-27(23)31)34(19-22-6-8-24(30)9-7-22)28(35)20-40-25-10-12-26(13-11-25)41(37,38)33-14-16-39-17-15-33/h2-13,21H,14-20H2,1H3,(H,32,36)/t21-/m1/s1. The van der Waals surface area contributed by atoms with Crippen LogP contribution in [0.4, 0.5) is 0 Å². The molecule has 0 aliphatic carbocycles. The van der Waals surface area contributed by atoms with Crippen molar-refractivity contribution < 1.29 is 27.5 Å². The molecule has 0 saturated carbocycles. The SMILES string of the molecule is C[C@H](C(=O)NCc1ccccc1Cl)N(Cc1ccc(Cl)cc1)C(=O)COc1ccc(S(=O)(=O)N2CCOCC2)cc1. The predicted molar refractivity (Wildman–Crippen MR) is 156 cm³/mol. The Bertz CT molecular complexity index is 1450. The second-order valence-corrected chi connectivity index (χ2v) is 12.2. The Morgan fingerprint density at radius 2 is 1.66 bits per heavy atom. The van der Waals surface area contributed by atoms with Gasteiger partial charge in [-0.05, 0) is 60.5 Å². The van der Waals surface area contributed by atoms with Gasteiger partial charge in [0.25, 0.3) is 5.91 Å². The van der Waals surface area contributed by atoms with Crippen molar-refractivity contribution in [2.75, 3.05) is 32.9 Å². The summed E-state index contributed by atoms with van der Waals surface area (Å²) in [6, 6.07) is 19.3. The van der Waals surface area contributed by atoms with Crippen LogP contribution >= 0.6 is 23.2 Å². The lowest BCUT2D eigenvalue weighted by atomic mass is 10.1. The molecule has 1 N–H and O–H groups in total. The molecule has 12 heteroatoms. The van der Waals surface area contributed by atoms with Crippen LogP contribution in [0.3, 0.4) is 0 Å². The van der Waals surface area contributed by atoms with Gasteiger partial charge < -0.3 is 19.7 Å². The van der Waals surface area contributed by atoms with Gasteiger partial charge in [0.2, 0.25) is 15.9 Å². The first-order valence-electron chi connectivity index (χ1n) is 13.0. The lowest BCUT2D eigenvalue weighted by Gasteiger charge is -2.29. The van der Waals surface area contributed by atoms with Gasteiger partial charge in [-0.25, -0.2) is 8.42 Å². The van der Waals surface area contributed by atoms with E-state index in [0.29, 0.717) is 42.1 Å². The number of hydrogen-bond acceptors (Lipinski definition) is 6. The summed E-state index contributed by atoms with van der Waals surface area (Å²) >= 11 is 12.2. The summed E-state index contributed by atoms with van der Waals surface area (Å²) in [5.74, 6) is -0.461. The molecule has 1 fully saturated rings. The van der Waals surface area contributed by atoms with E-state index in [1.807, 2.05) is 12.1 Å². The number of nitrogens with zero attached hydrogens (tertiary/aromatic N) is 2. The van der Waals surface area contributed by atoms with E-state index in [9.17, 15) is 18.0 Å². The Hall–Kier alpha value is -3.15. The number of carbonyl (C=O) groups is 2. The van der Waals surface area contributed by atoms with Crippen LogP contribution in [-0.4, -0.2) is 68.4 Å². The summed E-state index contributed by atoms with van der Waals surface area (Å²) in [5.41, 5.74) is 1.54. The monoisotopic (exact) mass is 619 g/mol. The zero-order chi connectivity index (χ0) is 29.4. The maximum atomic E-state index is 13.4. The van der Waals surface area contributed by atoms with Crippen LogP contribution in [0, 0.1) is 0 Å². The molecule has 1 aliphatic heterocycles. The summed E-state index contributed by atoms with van der Waals surface area (Å²) < 4.78 is 38.0. The van der Waals surface area contributed by atoms with Gasteiger partial charge in [-0.1, -0.05) is 53.5 Å². The highest BCUT2D eigenvalue weighted by molar-refractivity contribution is 7.89. The molecule has 0 spiro atoms. The molecule has 41 heavy (non-hydrogen) atoms. The summed E-state index contributed by atoms with van der Waals surface area (Å²) in [4.78, 5) is 28.0. The van der Waals surface area contributed by atoms with Crippen LogP contribution in [0.5, 0.6) is 5.75 Å². The summed E-state index contributed by atoms with van der Waals surface area (Å²) in [6.45, 7) is 2.94. The van der Waals surface area contributed by atoms with Crippen LogP contribution in [0.1, 0.15) is 18.1 Å². The molecule has 0 radical (unpaired) electrons. The molecular weight excluding hydrogens is 589 g/mol. The minimum Gasteiger partial charge on any atom is -0.484 e. The molecule has 2 amide bonds. The average molecular weight is 621 g/mol. The fourth-order valence-corrected chi connectivity index (χ4v) is 5.95. The Balaban J connectivity index is 1.42. The predicted octanol–water partition coefficient (Wildman–Crippen LogP) is 4.13. The van der Waals surface area contributed by atoms with Gasteiger partial charge in [0.15, 0.2) is 6.61 Å². The number of carbonyl (C=O) groups excluding carboxylic acids is 2. The van der Waals surface area contributed by atoms with E-state index in [-0.39, 0.29) is 30.5 Å². The molecule has 0 aromatic heterocycles. The van der Waals surface area contributed by atoms with Crippen LogP contribution in [-0.2, 0) is 37.4 Å². The molecule has 3 aromatic rings. The molecule has 9 nitrogen and oxygen atoms in total. The molecule has 1 aliphatic rings. The molecule has 218 valence electrons. The van der Waals surface area contributed by atoms with Gasteiger partial charge >= 0.3 is 0 Å². The third-order valence-corrected chi connectivity index (χ3v) is 9.17. The average Bonchev–Trinajstić information content (AvgIpc) is 2.99. The van der Waals surface area contributed by atoms with Crippen molar-refractivity contribution in [1.82, 2.24) is 14.5 Å². The Morgan fingerprint density at radius 1 is 1.00 bits per heavy atom. The first kappa shape index (κ1) is 30.8. The topological polar surface area (TPSA) is 105 Å². The molecule has 4 rings (SSSR count). The second kappa shape index (κ2) is 14.2. The maximum absolute atomic E-state index is 13.4. The van der Waals surface area contributed by atoms with E-state index in [2.05, 4.69) is 5.32 Å². The normalized spacial score (nSPS) is 14.7. The quantitative estimate of drug-likeness (QED) is 0.346. The Labute approximate surface area is 250 Å². The highest BCUT2D eigenvalue weighted by Crippen LogP contribution is 2.21. The van der Waals surface area contributed by atoms with E-state index in [0.717, 1.165) is 11.1 Å². The van der Waals surface area contributed by atoms with Gasteiger partial charge in [0.05, 0.1) is 18.1 Å². The number of amides is 2. The first-order chi connectivity index (χ1) is 19.6. The maximum Gasteiger partial charge on any atom is 0.261 e. The van der Waals surface area contributed by atoms with Gasteiger partial charge in [0.1, 0.15) is 11.8 Å². The lowest BCUT2D eigenvalue weighted by molar-refractivity contribution is -0.142.